The van der Waals surface area contributed by atoms with Crippen molar-refractivity contribution in [1.82, 2.24) is 0 Å². The van der Waals surface area contributed by atoms with Gasteiger partial charge in [-0.15, -0.1) is 0 Å². The van der Waals surface area contributed by atoms with Gasteiger partial charge in [0.1, 0.15) is 17.1 Å². The number of ether oxygens (including phenoxy) is 1. The van der Waals surface area contributed by atoms with Crippen LogP contribution in [0.25, 0.3) is 0 Å². The lowest BCUT2D eigenvalue weighted by atomic mass is 10.1. The molecule has 0 saturated heterocycles. The van der Waals surface area contributed by atoms with E-state index >= 15 is 0 Å². The van der Waals surface area contributed by atoms with Gasteiger partial charge in [0, 0.05) is 6.61 Å². The topological polar surface area (TPSA) is 105 Å². The SMILES string of the molecule is CCCCCCCCCCCC[S+]([O-])C(CCCCCCC)C(C)OCCCO[PH](=O)C(=O)OO. The highest BCUT2D eigenvalue weighted by Crippen LogP contribution is 2.25. The molecule has 4 unspecified atom stereocenters. The lowest BCUT2D eigenvalue weighted by molar-refractivity contribution is -0.168. The van der Waals surface area contributed by atoms with Crippen LogP contribution in [0.15, 0.2) is 0 Å². The summed E-state index contributed by atoms with van der Waals surface area (Å²) in [6.45, 7) is 6.87. The van der Waals surface area contributed by atoms with Gasteiger partial charge in [-0.2, -0.15) is 5.26 Å². The molecule has 0 fully saturated rings. The highest BCUT2D eigenvalue weighted by molar-refractivity contribution is 7.92. The summed E-state index contributed by atoms with van der Waals surface area (Å²) in [7, 11) is -3.06. The molecule has 0 aliphatic carbocycles. The van der Waals surface area contributed by atoms with Crippen LogP contribution in [0.4, 0.5) is 4.79 Å². The lowest BCUT2D eigenvalue weighted by Gasteiger charge is -2.27. The summed E-state index contributed by atoms with van der Waals surface area (Å²) in [5.74, 6) is 0.734. The Kier molecular flexibility index (Phi) is 25.5. The zero-order chi connectivity index (χ0) is 26.2. The monoisotopic (exact) mass is 540 g/mol. The van der Waals surface area contributed by atoms with Crippen LogP contribution >= 0.6 is 8.03 Å². The van der Waals surface area contributed by atoms with E-state index in [1.165, 1.54) is 70.6 Å². The molecule has 0 bridgehead atoms. The maximum absolute atomic E-state index is 13.1. The third-order valence-electron chi connectivity index (χ3n) is 6.30. The Hall–Kier alpha value is -0.110. The highest BCUT2D eigenvalue weighted by Gasteiger charge is 2.28. The number of hydrogen-bond acceptors (Lipinski definition) is 7. The number of rotatable bonds is 26. The Morgan fingerprint density at radius 2 is 1.34 bits per heavy atom. The maximum Gasteiger partial charge on any atom is 0.421 e. The van der Waals surface area contributed by atoms with E-state index in [1.54, 1.807) is 0 Å². The first-order valence-corrected chi connectivity index (χ1v) is 16.7. The van der Waals surface area contributed by atoms with Gasteiger partial charge in [0.2, 0.25) is 0 Å². The molecule has 0 spiro atoms. The molecular formula is C26H53O7PS. The Bertz CT molecular complexity index is 510. The number of hydrogen-bond donors (Lipinski definition) is 1. The van der Waals surface area contributed by atoms with Crippen LogP contribution in [0.1, 0.15) is 130 Å². The van der Waals surface area contributed by atoms with Crippen molar-refractivity contribution in [3.8, 4) is 0 Å². The van der Waals surface area contributed by atoms with Crippen LogP contribution in [-0.2, 0) is 29.9 Å². The van der Waals surface area contributed by atoms with E-state index in [4.69, 9.17) is 14.5 Å². The van der Waals surface area contributed by atoms with Crippen LogP contribution < -0.4 is 0 Å². The largest absolute Gasteiger partial charge is 0.616 e. The number of unbranched alkanes of at least 4 members (excludes halogenated alkanes) is 13. The molecule has 210 valence electrons. The van der Waals surface area contributed by atoms with Crippen molar-refractivity contribution in [3.05, 3.63) is 0 Å². The Balaban J connectivity index is 4.26. The molecule has 0 aromatic carbocycles. The molecule has 0 rings (SSSR count). The first-order chi connectivity index (χ1) is 17.0. The molecule has 4 atom stereocenters. The third kappa shape index (κ3) is 20.6. The summed E-state index contributed by atoms with van der Waals surface area (Å²) in [5.41, 5.74) is -1.25. The smallest absolute Gasteiger partial charge is 0.421 e. The van der Waals surface area contributed by atoms with Gasteiger partial charge < -0.3 is 13.8 Å². The number of carbonyl (C=O) groups excluding carboxylic acids is 1. The molecule has 1 N–H and O–H groups in total. The van der Waals surface area contributed by atoms with E-state index in [0.717, 1.165) is 37.9 Å². The molecule has 0 saturated carbocycles. The quantitative estimate of drug-likeness (QED) is 0.0387. The molecule has 0 aliphatic rings. The second-order valence-corrected chi connectivity index (χ2v) is 12.5. The summed E-state index contributed by atoms with van der Waals surface area (Å²) >= 11 is -0.920. The summed E-state index contributed by atoms with van der Waals surface area (Å²) in [5, 5.41) is 8.22. The minimum Gasteiger partial charge on any atom is -0.616 e. The van der Waals surface area contributed by atoms with E-state index in [-0.39, 0.29) is 18.0 Å². The second-order valence-electron chi connectivity index (χ2n) is 9.45. The fourth-order valence-electron chi connectivity index (χ4n) is 4.11. The molecule has 0 aromatic heterocycles. The summed E-state index contributed by atoms with van der Waals surface area (Å²) < 4.78 is 35.3. The number of carbonyl (C=O) groups is 1. The normalized spacial score (nSPS) is 15.0. The van der Waals surface area contributed by atoms with Gasteiger partial charge in [0.05, 0.1) is 6.61 Å². The van der Waals surface area contributed by atoms with E-state index in [1.807, 2.05) is 6.92 Å². The van der Waals surface area contributed by atoms with E-state index in [2.05, 4.69) is 18.7 Å². The van der Waals surface area contributed by atoms with Gasteiger partial charge in [-0.05, 0) is 50.2 Å². The van der Waals surface area contributed by atoms with E-state index in [9.17, 15) is 13.9 Å². The van der Waals surface area contributed by atoms with Crippen molar-refractivity contribution in [2.75, 3.05) is 19.0 Å². The average Bonchev–Trinajstić information content (AvgIpc) is 2.86. The molecule has 9 heteroatoms. The molecule has 0 aliphatic heterocycles. The Morgan fingerprint density at radius 1 is 0.829 bits per heavy atom. The molecule has 7 nitrogen and oxygen atoms in total. The molecule has 0 amide bonds. The molecule has 0 aromatic rings. The van der Waals surface area contributed by atoms with Gasteiger partial charge in [-0.3, -0.25) is 9.45 Å². The van der Waals surface area contributed by atoms with E-state index in [0.29, 0.717) is 13.0 Å². The minimum absolute atomic E-state index is 0.0135. The first-order valence-electron chi connectivity index (χ1n) is 14.0. The zero-order valence-electron chi connectivity index (χ0n) is 22.6. The third-order valence-corrected chi connectivity index (χ3v) is 9.18. The summed E-state index contributed by atoms with van der Waals surface area (Å²) in [6.07, 6.45) is 19.8. The predicted molar refractivity (Wildman–Crippen MR) is 146 cm³/mol. The molecule has 0 radical (unpaired) electrons. The van der Waals surface area contributed by atoms with E-state index < -0.39 is 24.9 Å². The standard InChI is InChI=1S/C26H53O7PS/c1-4-6-8-10-11-12-13-14-16-18-23-35(30)25(20-17-15-9-7-5-2)24(3)31-21-19-22-32-34(29)26(27)33-28/h24-25,28,34H,4-23H2,1-3H3. The van der Waals surface area contributed by atoms with Crippen molar-refractivity contribution in [3.63, 3.8) is 0 Å². The average molecular weight is 541 g/mol. The predicted octanol–water partition coefficient (Wildman–Crippen LogP) is 8.28. The van der Waals surface area contributed by atoms with Gasteiger partial charge in [-0.1, -0.05) is 90.9 Å². The van der Waals surface area contributed by atoms with Gasteiger partial charge in [0.25, 0.3) is 0 Å². The summed E-state index contributed by atoms with van der Waals surface area (Å²) in [4.78, 5) is 14.3. The van der Waals surface area contributed by atoms with Crippen molar-refractivity contribution >= 4 is 24.9 Å². The van der Waals surface area contributed by atoms with Crippen LogP contribution in [-0.4, -0.2) is 45.8 Å². The van der Waals surface area contributed by atoms with Crippen LogP contribution in [0, 0.1) is 0 Å². The fourth-order valence-corrected chi connectivity index (χ4v) is 6.36. The minimum atomic E-state index is -3.06. The maximum atomic E-state index is 13.1. The van der Waals surface area contributed by atoms with Gasteiger partial charge >= 0.3 is 13.7 Å². The van der Waals surface area contributed by atoms with Crippen molar-refractivity contribution < 1.29 is 33.3 Å². The van der Waals surface area contributed by atoms with Gasteiger partial charge in [-0.25, -0.2) is 4.79 Å². The Morgan fingerprint density at radius 3 is 1.89 bits per heavy atom. The van der Waals surface area contributed by atoms with Crippen molar-refractivity contribution in [2.45, 2.75) is 141 Å². The molecular weight excluding hydrogens is 487 g/mol. The van der Waals surface area contributed by atoms with Crippen molar-refractivity contribution in [1.29, 1.82) is 0 Å². The summed E-state index contributed by atoms with van der Waals surface area (Å²) in [6, 6.07) is 0. The lowest BCUT2D eigenvalue weighted by Crippen LogP contribution is -2.36. The fraction of sp³-hybridized carbons (Fsp3) is 0.962. The van der Waals surface area contributed by atoms with Crippen LogP contribution in [0.5, 0.6) is 0 Å². The Labute approximate surface area is 218 Å². The van der Waals surface area contributed by atoms with Crippen LogP contribution in [0.2, 0.25) is 0 Å². The first kappa shape index (κ1) is 34.9. The zero-order valence-corrected chi connectivity index (χ0v) is 24.4. The van der Waals surface area contributed by atoms with Crippen LogP contribution in [0.3, 0.4) is 0 Å². The van der Waals surface area contributed by atoms with Gasteiger partial charge in [0.15, 0.2) is 0 Å². The molecule has 0 heterocycles. The van der Waals surface area contributed by atoms with Crippen molar-refractivity contribution in [2.24, 2.45) is 0 Å². The highest BCUT2D eigenvalue weighted by atomic mass is 32.2. The second kappa shape index (κ2) is 25.5. The molecule has 35 heavy (non-hydrogen) atoms.